The lowest BCUT2D eigenvalue weighted by molar-refractivity contribution is 0.501. The minimum atomic E-state index is 1.03. The fourth-order valence-electron chi connectivity index (χ4n) is 1.70. The average Bonchev–Trinajstić information content (AvgIpc) is 2.58. The van der Waals surface area contributed by atoms with Gasteiger partial charge in [-0.3, -0.25) is 0 Å². The highest BCUT2D eigenvalue weighted by molar-refractivity contribution is 7.79. The first kappa shape index (κ1) is 14.9. The van der Waals surface area contributed by atoms with Crippen molar-refractivity contribution >= 4 is 12.6 Å². The van der Waals surface area contributed by atoms with E-state index in [0.717, 1.165) is 11.8 Å². The monoisotopic (exact) mass is 190 g/mol. The van der Waals surface area contributed by atoms with Crippen LogP contribution in [0.1, 0.15) is 53.4 Å². The number of hydrogen-bond acceptors (Lipinski definition) is 1. The molecule has 1 saturated carbocycles. The molecule has 0 aromatic carbocycles. The summed E-state index contributed by atoms with van der Waals surface area (Å²) < 4.78 is 0. The van der Waals surface area contributed by atoms with Crippen LogP contribution < -0.4 is 0 Å². The van der Waals surface area contributed by atoms with Gasteiger partial charge in [0.2, 0.25) is 0 Å². The summed E-state index contributed by atoms with van der Waals surface area (Å²) in [7, 11) is 0. The van der Waals surface area contributed by atoms with E-state index in [4.69, 9.17) is 0 Å². The Balaban J connectivity index is 0. The van der Waals surface area contributed by atoms with Crippen LogP contribution in [-0.4, -0.2) is 6.26 Å². The average molecular weight is 190 g/mol. The van der Waals surface area contributed by atoms with Crippen molar-refractivity contribution in [3.05, 3.63) is 0 Å². The largest absolute Gasteiger partial charge is 0.183 e. The quantitative estimate of drug-likeness (QED) is 0.582. The Morgan fingerprint density at radius 3 is 1.83 bits per heavy atom. The van der Waals surface area contributed by atoms with E-state index in [0.29, 0.717) is 0 Å². The van der Waals surface area contributed by atoms with Gasteiger partial charge in [-0.1, -0.05) is 47.0 Å². The van der Waals surface area contributed by atoms with Crippen LogP contribution in [0.4, 0.5) is 0 Å². The molecule has 1 aliphatic carbocycles. The number of rotatable bonds is 1. The first-order valence-electron chi connectivity index (χ1n) is 5.27. The smallest absolute Gasteiger partial charge is 0.0215 e. The normalized spacial score (nSPS) is 26.5. The van der Waals surface area contributed by atoms with E-state index in [1.165, 1.54) is 25.7 Å². The zero-order chi connectivity index (χ0) is 9.98. The molecule has 12 heavy (non-hydrogen) atoms. The topological polar surface area (TPSA) is 0 Å². The molecule has 0 saturated heterocycles. The van der Waals surface area contributed by atoms with Crippen molar-refractivity contribution in [2.75, 3.05) is 6.26 Å². The molecule has 0 aromatic heterocycles. The summed E-state index contributed by atoms with van der Waals surface area (Å²) >= 11 is 3.53. The minimum Gasteiger partial charge on any atom is -0.183 e. The molecular formula is C11H26S. The van der Waals surface area contributed by atoms with Gasteiger partial charge in [0, 0.05) is 0 Å². The maximum atomic E-state index is 3.53. The lowest BCUT2D eigenvalue weighted by Gasteiger charge is -2.02. The summed E-state index contributed by atoms with van der Waals surface area (Å²) in [6.45, 7) is 8.68. The van der Waals surface area contributed by atoms with Gasteiger partial charge >= 0.3 is 0 Å². The molecule has 2 atom stereocenters. The first-order valence-corrected chi connectivity index (χ1v) is 6.17. The lowest BCUT2D eigenvalue weighted by atomic mass is 10.0. The van der Waals surface area contributed by atoms with Crippen molar-refractivity contribution in [2.45, 2.75) is 53.4 Å². The first-order chi connectivity index (χ1) is 5.83. The second-order valence-corrected chi connectivity index (χ2v) is 3.19. The molecule has 0 aliphatic heterocycles. The SMILES string of the molecule is CC.CCC1CCC(C)C1.CS. The summed E-state index contributed by atoms with van der Waals surface area (Å²) in [6.07, 6.45) is 7.58. The summed E-state index contributed by atoms with van der Waals surface area (Å²) in [5, 5.41) is 0. The molecule has 2 unspecified atom stereocenters. The lowest BCUT2D eigenvalue weighted by Crippen LogP contribution is -1.89. The van der Waals surface area contributed by atoms with E-state index < -0.39 is 0 Å². The van der Waals surface area contributed by atoms with E-state index in [2.05, 4.69) is 26.5 Å². The Morgan fingerprint density at radius 2 is 1.67 bits per heavy atom. The second-order valence-electron chi connectivity index (χ2n) is 3.19. The third-order valence-electron chi connectivity index (χ3n) is 2.38. The van der Waals surface area contributed by atoms with Crippen molar-refractivity contribution < 1.29 is 0 Å². The Kier molecular flexibility index (Phi) is 14.0. The second kappa shape index (κ2) is 11.4. The third-order valence-corrected chi connectivity index (χ3v) is 2.38. The fourth-order valence-corrected chi connectivity index (χ4v) is 1.70. The van der Waals surface area contributed by atoms with Crippen molar-refractivity contribution in [3.8, 4) is 0 Å². The standard InChI is InChI=1S/C8H16.C2H6.CH4S/c1-3-8-5-4-7(2)6-8;2*1-2/h7-8H,3-6H2,1-2H3;1-2H3;2H,1H3. The molecule has 0 nitrogen and oxygen atoms in total. The zero-order valence-corrected chi connectivity index (χ0v) is 10.3. The molecule has 76 valence electrons. The Bertz CT molecular complexity index is 71.4. The van der Waals surface area contributed by atoms with Gasteiger partial charge < -0.3 is 0 Å². The molecular weight excluding hydrogens is 164 g/mol. The maximum absolute atomic E-state index is 3.53. The highest BCUT2D eigenvalue weighted by Gasteiger charge is 2.18. The molecule has 0 bridgehead atoms. The molecule has 0 aromatic rings. The van der Waals surface area contributed by atoms with Gasteiger partial charge in [-0.05, 0) is 24.5 Å². The number of hydrogen-bond donors (Lipinski definition) is 1. The van der Waals surface area contributed by atoms with Gasteiger partial charge in [0.1, 0.15) is 0 Å². The van der Waals surface area contributed by atoms with Crippen LogP contribution in [0.15, 0.2) is 0 Å². The van der Waals surface area contributed by atoms with Gasteiger partial charge in [0.05, 0.1) is 0 Å². The molecule has 1 fully saturated rings. The molecule has 0 N–H and O–H groups in total. The van der Waals surface area contributed by atoms with Crippen LogP contribution in [0.2, 0.25) is 0 Å². The highest BCUT2D eigenvalue weighted by Crippen LogP contribution is 2.31. The summed E-state index contributed by atoms with van der Waals surface area (Å²) in [5.41, 5.74) is 0. The predicted octanol–water partition coefficient (Wildman–Crippen LogP) is 4.40. The van der Waals surface area contributed by atoms with Gasteiger partial charge in [0.25, 0.3) is 0 Å². The Hall–Kier alpha value is 0.350. The van der Waals surface area contributed by atoms with Crippen LogP contribution in [0, 0.1) is 11.8 Å². The molecule has 0 radical (unpaired) electrons. The van der Waals surface area contributed by atoms with E-state index in [1.807, 2.05) is 13.8 Å². The van der Waals surface area contributed by atoms with Gasteiger partial charge in [-0.25, -0.2) is 0 Å². The van der Waals surface area contributed by atoms with Crippen LogP contribution >= 0.6 is 12.6 Å². The molecule has 0 spiro atoms. The molecule has 0 heterocycles. The minimum absolute atomic E-state index is 1.03. The number of thiol groups is 1. The van der Waals surface area contributed by atoms with Gasteiger partial charge in [0.15, 0.2) is 0 Å². The van der Waals surface area contributed by atoms with Crippen molar-refractivity contribution in [1.82, 2.24) is 0 Å². The van der Waals surface area contributed by atoms with E-state index in [-0.39, 0.29) is 0 Å². The highest BCUT2D eigenvalue weighted by atomic mass is 32.1. The summed E-state index contributed by atoms with van der Waals surface area (Å²) in [4.78, 5) is 0. The summed E-state index contributed by atoms with van der Waals surface area (Å²) in [6, 6.07) is 0. The van der Waals surface area contributed by atoms with Crippen LogP contribution in [0.3, 0.4) is 0 Å². The molecule has 1 heteroatoms. The van der Waals surface area contributed by atoms with Crippen LogP contribution in [-0.2, 0) is 0 Å². The van der Waals surface area contributed by atoms with E-state index in [9.17, 15) is 0 Å². The van der Waals surface area contributed by atoms with Gasteiger partial charge in [-0.15, -0.1) is 0 Å². The van der Waals surface area contributed by atoms with E-state index in [1.54, 1.807) is 6.26 Å². The molecule has 1 aliphatic rings. The van der Waals surface area contributed by atoms with E-state index >= 15 is 0 Å². The van der Waals surface area contributed by atoms with Crippen molar-refractivity contribution in [1.29, 1.82) is 0 Å². The Labute approximate surface area is 84.5 Å². The van der Waals surface area contributed by atoms with Gasteiger partial charge in [-0.2, -0.15) is 12.6 Å². The third kappa shape index (κ3) is 7.02. The zero-order valence-electron chi connectivity index (χ0n) is 9.43. The van der Waals surface area contributed by atoms with Crippen molar-refractivity contribution in [2.24, 2.45) is 11.8 Å². The molecule has 0 amide bonds. The summed E-state index contributed by atoms with van der Waals surface area (Å²) in [5.74, 6) is 2.10. The van der Waals surface area contributed by atoms with Crippen LogP contribution in [0.25, 0.3) is 0 Å². The maximum Gasteiger partial charge on any atom is -0.0215 e. The van der Waals surface area contributed by atoms with Crippen molar-refractivity contribution in [3.63, 3.8) is 0 Å². The Morgan fingerprint density at radius 1 is 1.17 bits per heavy atom. The predicted molar refractivity (Wildman–Crippen MR) is 63.1 cm³/mol. The van der Waals surface area contributed by atoms with Crippen LogP contribution in [0.5, 0.6) is 0 Å². The fraction of sp³-hybridized carbons (Fsp3) is 1.00. The molecule has 1 rings (SSSR count).